The Morgan fingerprint density at radius 1 is 1.03 bits per heavy atom. The van der Waals surface area contributed by atoms with Gasteiger partial charge in [-0.3, -0.25) is 4.98 Å². The molecule has 0 saturated carbocycles. The van der Waals surface area contributed by atoms with E-state index in [4.69, 9.17) is 16.1 Å². The molecule has 31 heavy (non-hydrogen) atoms. The molecule has 0 aliphatic rings. The van der Waals surface area contributed by atoms with Crippen molar-refractivity contribution in [3.05, 3.63) is 94.5 Å². The highest BCUT2D eigenvalue weighted by atomic mass is 35.5. The summed E-state index contributed by atoms with van der Waals surface area (Å²) in [5, 5.41) is 15.2. The molecule has 1 N–H and O–H groups in total. The molecular weight excluding hydrogens is 436 g/mol. The van der Waals surface area contributed by atoms with Crippen molar-refractivity contribution in [3.63, 3.8) is 0 Å². The highest BCUT2D eigenvalue weighted by Crippen LogP contribution is 2.41. The van der Waals surface area contributed by atoms with E-state index in [2.05, 4.69) is 10.1 Å². The van der Waals surface area contributed by atoms with Gasteiger partial charge < -0.3 is 9.63 Å². The number of nitrogens with zero attached hydrogens (tertiary/aromatic N) is 2. The number of pyridine rings is 1. The van der Waals surface area contributed by atoms with Gasteiger partial charge in [-0.25, -0.2) is 4.39 Å². The first-order valence-corrected chi connectivity index (χ1v) is 9.34. The standard InChI is InChI=1S/C22H13ClF4N2O2/c23-15-5-1-3-12(9-15)21-18(20(30)13-4-2-8-28-11-13)19(29-31-21)16-10-14(22(25,26)27)6-7-17(16)24/h1-11,20,30H. The molecule has 0 spiro atoms. The van der Waals surface area contributed by atoms with Crippen LogP contribution in [0.15, 0.2) is 71.5 Å². The summed E-state index contributed by atoms with van der Waals surface area (Å²) in [5.41, 5.74) is -1.04. The molecular formula is C22H13ClF4N2O2. The zero-order valence-corrected chi connectivity index (χ0v) is 16.3. The largest absolute Gasteiger partial charge is 0.416 e. The van der Waals surface area contributed by atoms with Gasteiger partial charge in [0.15, 0.2) is 5.76 Å². The summed E-state index contributed by atoms with van der Waals surface area (Å²) in [7, 11) is 0. The Morgan fingerprint density at radius 2 is 1.84 bits per heavy atom. The van der Waals surface area contributed by atoms with Crippen LogP contribution in [0.1, 0.15) is 22.8 Å². The number of aromatic nitrogens is 2. The van der Waals surface area contributed by atoms with Crippen LogP contribution in [0.25, 0.3) is 22.6 Å². The molecule has 0 amide bonds. The average molecular weight is 449 g/mol. The van der Waals surface area contributed by atoms with Crippen LogP contribution in [0, 0.1) is 5.82 Å². The molecule has 0 radical (unpaired) electrons. The molecule has 0 fully saturated rings. The van der Waals surface area contributed by atoms with Gasteiger partial charge in [-0.05, 0) is 36.4 Å². The van der Waals surface area contributed by atoms with Crippen LogP contribution in [0.3, 0.4) is 0 Å². The van der Waals surface area contributed by atoms with E-state index in [1.165, 1.54) is 18.5 Å². The molecule has 0 bridgehead atoms. The fourth-order valence-corrected chi connectivity index (χ4v) is 3.36. The average Bonchev–Trinajstić information content (AvgIpc) is 3.18. The van der Waals surface area contributed by atoms with Crippen LogP contribution >= 0.6 is 11.6 Å². The van der Waals surface area contributed by atoms with Crippen molar-refractivity contribution in [1.29, 1.82) is 0 Å². The highest BCUT2D eigenvalue weighted by Gasteiger charge is 2.33. The van der Waals surface area contributed by atoms with Crippen LogP contribution in [0.2, 0.25) is 5.02 Å². The molecule has 0 aliphatic heterocycles. The zero-order valence-electron chi connectivity index (χ0n) is 15.6. The van der Waals surface area contributed by atoms with Crippen molar-refractivity contribution in [2.45, 2.75) is 12.3 Å². The first-order valence-electron chi connectivity index (χ1n) is 8.96. The van der Waals surface area contributed by atoms with Crippen molar-refractivity contribution >= 4 is 11.6 Å². The second-order valence-electron chi connectivity index (χ2n) is 6.67. The van der Waals surface area contributed by atoms with Crippen molar-refractivity contribution in [2.75, 3.05) is 0 Å². The number of rotatable bonds is 4. The fourth-order valence-electron chi connectivity index (χ4n) is 3.17. The molecule has 4 nitrogen and oxygen atoms in total. The molecule has 4 rings (SSSR count). The van der Waals surface area contributed by atoms with Gasteiger partial charge in [0.2, 0.25) is 0 Å². The second kappa shape index (κ2) is 8.13. The minimum Gasteiger partial charge on any atom is -0.383 e. The Labute approximate surface area is 178 Å². The summed E-state index contributed by atoms with van der Waals surface area (Å²) < 4.78 is 59.6. The van der Waals surface area contributed by atoms with Gasteiger partial charge >= 0.3 is 6.18 Å². The zero-order chi connectivity index (χ0) is 22.2. The molecule has 2 aromatic heterocycles. The summed E-state index contributed by atoms with van der Waals surface area (Å²) in [5.74, 6) is -0.899. The molecule has 2 aromatic carbocycles. The molecule has 158 valence electrons. The van der Waals surface area contributed by atoms with E-state index in [1.54, 1.807) is 30.3 Å². The summed E-state index contributed by atoms with van der Waals surface area (Å²) in [6.07, 6.45) is -3.22. The van der Waals surface area contributed by atoms with Gasteiger partial charge in [-0.15, -0.1) is 0 Å². The third-order valence-electron chi connectivity index (χ3n) is 4.64. The fraction of sp³-hybridized carbons (Fsp3) is 0.0909. The van der Waals surface area contributed by atoms with Crippen LogP contribution in [0.4, 0.5) is 17.6 Å². The molecule has 0 aliphatic carbocycles. The Hall–Kier alpha value is -3.23. The number of alkyl halides is 3. The molecule has 0 saturated heterocycles. The third-order valence-corrected chi connectivity index (χ3v) is 4.87. The SMILES string of the molecule is OC(c1cccnc1)c1c(-c2cc(C(F)(F)F)ccc2F)noc1-c1cccc(Cl)c1. The first-order chi connectivity index (χ1) is 14.8. The van der Waals surface area contributed by atoms with E-state index in [1.807, 2.05) is 0 Å². The van der Waals surface area contributed by atoms with E-state index in [9.17, 15) is 22.7 Å². The van der Waals surface area contributed by atoms with Gasteiger partial charge in [0.1, 0.15) is 17.6 Å². The van der Waals surface area contributed by atoms with Crippen molar-refractivity contribution < 1.29 is 27.2 Å². The predicted molar refractivity (Wildman–Crippen MR) is 106 cm³/mol. The van der Waals surface area contributed by atoms with E-state index in [0.29, 0.717) is 34.3 Å². The maximum atomic E-state index is 14.6. The van der Waals surface area contributed by atoms with E-state index in [-0.39, 0.29) is 17.0 Å². The number of benzene rings is 2. The van der Waals surface area contributed by atoms with Crippen LogP contribution in [0.5, 0.6) is 0 Å². The lowest BCUT2D eigenvalue weighted by atomic mass is 9.94. The van der Waals surface area contributed by atoms with E-state index >= 15 is 0 Å². The number of aliphatic hydroxyl groups excluding tert-OH is 1. The minimum absolute atomic E-state index is 0.00603. The quantitative estimate of drug-likeness (QED) is 0.372. The Balaban J connectivity index is 1.96. The predicted octanol–water partition coefficient (Wildman–Crippen LogP) is 6.30. The summed E-state index contributed by atoms with van der Waals surface area (Å²) in [6.45, 7) is 0. The normalized spacial score (nSPS) is 12.7. The Bertz CT molecular complexity index is 1230. The smallest absolute Gasteiger partial charge is 0.383 e. The number of hydrogen-bond donors (Lipinski definition) is 1. The van der Waals surface area contributed by atoms with Gasteiger partial charge in [0, 0.05) is 34.1 Å². The minimum atomic E-state index is -4.69. The van der Waals surface area contributed by atoms with Crippen LogP contribution < -0.4 is 0 Å². The van der Waals surface area contributed by atoms with Crippen LogP contribution in [-0.2, 0) is 6.18 Å². The lowest BCUT2D eigenvalue weighted by Gasteiger charge is -2.14. The van der Waals surface area contributed by atoms with Gasteiger partial charge in [0.25, 0.3) is 0 Å². The van der Waals surface area contributed by atoms with Gasteiger partial charge in [-0.2, -0.15) is 13.2 Å². The summed E-state index contributed by atoms with van der Waals surface area (Å²) in [4.78, 5) is 3.94. The van der Waals surface area contributed by atoms with Crippen molar-refractivity contribution in [2.24, 2.45) is 0 Å². The lowest BCUT2D eigenvalue weighted by Crippen LogP contribution is -2.07. The summed E-state index contributed by atoms with van der Waals surface area (Å²) in [6, 6.07) is 11.5. The monoisotopic (exact) mass is 448 g/mol. The molecule has 1 unspecified atom stereocenters. The highest BCUT2D eigenvalue weighted by molar-refractivity contribution is 6.30. The molecule has 1 atom stereocenters. The second-order valence-corrected chi connectivity index (χ2v) is 7.10. The first kappa shape index (κ1) is 21.0. The van der Waals surface area contributed by atoms with E-state index < -0.39 is 29.2 Å². The number of hydrogen-bond acceptors (Lipinski definition) is 4. The molecule has 4 aromatic rings. The van der Waals surface area contributed by atoms with Crippen molar-refractivity contribution in [3.8, 4) is 22.6 Å². The number of aliphatic hydroxyl groups is 1. The Kier molecular flexibility index (Phi) is 5.51. The lowest BCUT2D eigenvalue weighted by molar-refractivity contribution is -0.137. The summed E-state index contributed by atoms with van der Waals surface area (Å²) >= 11 is 6.04. The Morgan fingerprint density at radius 3 is 2.52 bits per heavy atom. The van der Waals surface area contributed by atoms with Crippen LogP contribution in [-0.4, -0.2) is 15.2 Å². The molecule has 2 heterocycles. The maximum Gasteiger partial charge on any atom is 0.416 e. The topological polar surface area (TPSA) is 59.2 Å². The maximum absolute atomic E-state index is 14.6. The van der Waals surface area contributed by atoms with Crippen molar-refractivity contribution in [1.82, 2.24) is 10.1 Å². The number of halogens is 5. The van der Waals surface area contributed by atoms with E-state index in [0.717, 1.165) is 0 Å². The van der Waals surface area contributed by atoms with Gasteiger partial charge in [-0.1, -0.05) is 35.0 Å². The van der Waals surface area contributed by atoms with Gasteiger partial charge in [0.05, 0.1) is 11.1 Å². The third kappa shape index (κ3) is 4.17. The molecule has 9 heteroatoms.